The Morgan fingerprint density at radius 3 is 2.45 bits per heavy atom. The van der Waals surface area contributed by atoms with Crippen LogP contribution < -0.4 is 5.73 Å². The van der Waals surface area contributed by atoms with E-state index in [0.717, 1.165) is 22.5 Å². The Balaban J connectivity index is 2.23. The molecule has 1 heterocycles. The van der Waals surface area contributed by atoms with Gasteiger partial charge in [0, 0.05) is 12.1 Å². The van der Waals surface area contributed by atoms with Gasteiger partial charge in [-0.2, -0.15) is 0 Å². The Bertz CT molecular complexity index is 803. The fourth-order valence-corrected chi connectivity index (χ4v) is 2.63. The molecule has 1 aromatic heterocycles. The first-order valence-electron chi connectivity index (χ1n) is 7.08. The number of aromatic nitrogens is 3. The molecule has 3 aromatic rings. The van der Waals surface area contributed by atoms with Crippen LogP contribution in [0.2, 0.25) is 0 Å². The van der Waals surface area contributed by atoms with Crippen LogP contribution in [0.1, 0.15) is 16.8 Å². The van der Waals surface area contributed by atoms with Crippen LogP contribution in [-0.4, -0.2) is 15.0 Å². The van der Waals surface area contributed by atoms with Gasteiger partial charge in [0.2, 0.25) is 0 Å². The van der Waals surface area contributed by atoms with Crippen LogP contribution in [-0.2, 0) is 6.54 Å². The number of nitrogens with zero attached hydrogens (tertiary/aromatic N) is 3. The molecule has 4 nitrogen and oxygen atoms in total. The second-order valence-electron chi connectivity index (χ2n) is 5.36. The molecule has 0 amide bonds. The van der Waals surface area contributed by atoms with Crippen molar-refractivity contribution in [2.24, 2.45) is 5.73 Å². The van der Waals surface area contributed by atoms with Gasteiger partial charge in [0.1, 0.15) is 11.5 Å². The highest BCUT2D eigenvalue weighted by atomic mass is 19.1. The fraction of sp³-hybridized carbons (Fsp3) is 0.176. The van der Waals surface area contributed by atoms with Gasteiger partial charge < -0.3 is 5.73 Å². The van der Waals surface area contributed by atoms with Gasteiger partial charge >= 0.3 is 0 Å². The molecule has 0 atom stereocenters. The maximum absolute atomic E-state index is 13.6. The quantitative estimate of drug-likeness (QED) is 0.807. The summed E-state index contributed by atoms with van der Waals surface area (Å²) >= 11 is 0. The third-order valence-electron chi connectivity index (χ3n) is 3.48. The molecule has 0 fully saturated rings. The third-order valence-corrected chi connectivity index (χ3v) is 3.48. The van der Waals surface area contributed by atoms with Gasteiger partial charge in [0.15, 0.2) is 0 Å². The maximum atomic E-state index is 13.6. The first-order chi connectivity index (χ1) is 10.6. The van der Waals surface area contributed by atoms with Crippen LogP contribution in [0.4, 0.5) is 4.39 Å². The van der Waals surface area contributed by atoms with Crippen LogP contribution >= 0.6 is 0 Å². The Labute approximate surface area is 128 Å². The van der Waals surface area contributed by atoms with E-state index in [1.165, 1.54) is 12.1 Å². The Kier molecular flexibility index (Phi) is 3.73. The molecule has 22 heavy (non-hydrogen) atoms. The van der Waals surface area contributed by atoms with Crippen molar-refractivity contribution < 1.29 is 4.39 Å². The van der Waals surface area contributed by atoms with E-state index in [9.17, 15) is 4.39 Å². The molecule has 3 rings (SSSR count). The van der Waals surface area contributed by atoms with Gasteiger partial charge in [-0.1, -0.05) is 23.4 Å². The van der Waals surface area contributed by atoms with Crippen molar-refractivity contribution in [3.8, 4) is 16.9 Å². The van der Waals surface area contributed by atoms with Gasteiger partial charge in [-0.15, -0.1) is 5.10 Å². The second kappa shape index (κ2) is 5.69. The smallest absolute Gasteiger partial charge is 0.123 e. The molecule has 0 aliphatic carbocycles. The predicted octanol–water partition coefficient (Wildman–Crippen LogP) is 3.15. The standard InChI is InChI=1S/C17H17FN4/c1-11-6-12(2)8-15(7-11)22-17(16(10-19)20-21-22)13-4-3-5-14(18)9-13/h3-9H,10,19H2,1-2H3. The zero-order valence-corrected chi connectivity index (χ0v) is 12.5. The van der Waals surface area contributed by atoms with E-state index in [4.69, 9.17) is 5.73 Å². The predicted molar refractivity (Wildman–Crippen MR) is 84.1 cm³/mol. The molecule has 0 unspecified atom stereocenters. The summed E-state index contributed by atoms with van der Waals surface area (Å²) in [6.45, 7) is 4.30. The van der Waals surface area contributed by atoms with Crippen molar-refractivity contribution >= 4 is 0 Å². The Morgan fingerprint density at radius 1 is 1.09 bits per heavy atom. The van der Waals surface area contributed by atoms with Crippen molar-refractivity contribution in [3.05, 3.63) is 65.1 Å². The van der Waals surface area contributed by atoms with Crippen molar-refractivity contribution in [3.63, 3.8) is 0 Å². The van der Waals surface area contributed by atoms with E-state index in [1.54, 1.807) is 10.7 Å². The normalized spacial score (nSPS) is 10.9. The monoisotopic (exact) mass is 296 g/mol. The summed E-state index contributed by atoms with van der Waals surface area (Å²) in [5.41, 5.74) is 11.0. The number of halogens is 1. The fourth-order valence-electron chi connectivity index (χ4n) is 2.63. The summed E-state index contributed by atoms with van der Waals surface area (Å²) in [5, 5.41) is 8.35. The first-order valence-corrected chi connectivity index (χ1v) is 7.08. The zero-order chi connectivity index (χ0) is 15.7. The Hall–Kier alpha value is -2.53. The van der Waals surface area contributed by atoms with Gasteiger partial charge in [0.05, 0.1) is 11.4 Å². The molecule has 0 bridgehead atoms. The highest BCUT2D eigenvalue weighted by Gasteiger charge is 2.16. The first kappa shape index (κ1) is 14.4. The molecule has 112 valence electrons. The van der Waals surface area contributed by atoms with Crippen LogP contribution in [0, 0.1) is 19.7 Å². The zero-order valence-electron chi connectivity index (χ0n) is 12.5. The number of hydrogen-bond donors (Lipinski definition) is 1. The number of benzene rings is 2. The molecule has 0 aliphatic rings. The van der Waals surface area contributed by atoms with Crippen molar-refractivity contribution in [2.75, 3.05) is 0 Å². The summed E-state index contributed by atoms with van der Waals surface area (Å²) in [5.74, 6) is -0.298. The summed E-state index contributed by atoms with van der Waals surface area (Å²) in [7, 11) is 0. The highest BCUT2D eigenvalue weighted by molar-refractivity contribution is 5.64. The van der Waals surface area contributed by atoms with Crippen LogP contribution in [0.3, 0.4) is 0 Å². The van der Waals surface area contributed by atoms with E-state index in [2.05, 4.69) is 16.4 Å². The summed E-state index contributed by atoms with van der Waals surface area (Å²) in [6, 6.07) is 12.5. The molecule has 0 saturated carbocycles. The minimum absolute atomic E-state index is 0.247. The third kappa shape index (κ3) is 2.63. The van der Waals surface area contributed by atoms with Crippen LogP contribution in [0.25, 0.3) is 16.9 Å². The minimum atomic E-state index is -0.298. The van der Waals surface area contributed by atoms with Gasteiger partial charge in [0.25, 0.3) is 0 Å². The molecule has 0 saturated heterocycles. The van der Waals surface area contributed by atoms with Crippen LogP contribution in [0.15, 0.2) is 42.5 Å². The number of hydrogen-bond acceptors (Lipinski definition) is 3. The molecule has 0 spiro atoms. The molecule has 5 heteroatoms. The van der Waals surface area contributed by atoms with E-state index in [1.807, 2.05) is 32.0 Å². The molecule has 0 aliphatic heterocycles. The van der Waals surface area contributed by atoms with E-state index in [-0.39, 0.29) is 12.4 Å². The lowest BCUT2D eigenvalue weighted by molar-refractivity contribution is 0.628. The van der Waals surface area contributed by atoms with Gasteiger partial charge in [-0.05, 0) is 49.2 Å². The van der Waals surface area contributed by atoms with Crippen molar-refractivity contribution in [1.29, 1.82) is 0 Å². The maximum Gasteiger partial charge on any atom is 0.123 e. The van der Waals surface area contributed by atoms with Crippen molar-refractivity contribution in [1.82, 2.24) is 15.0 Å². The second-order valence-corrected chi connectivity index (χ2v) is 5.36. The molecule has 2 aromatic carbocycles. The van der Waals surface area contributed by atoms with Gasteiger partial charge in [-0.3, -0.25) is 0 Å². The number of rotatable bonds is 3. The number of aryl methyl sites for hydroxylation is 2. The van der Waals surface area contributed by atoms with E-state index in [0.29, 0.717) is 11.3 Å². The topological polar surface area (TPSA) is 56.7 Å². The molecular weight excluding hydrogens is 279 g/mol. The lowest BCUT2D eigenvalue weighted by Gasteiger charge is -2.10. The lowest BCUT2D eigenvalue weighted by atomic mass is 10.1. The lowest BCUT2D eigenvalue weighted by Crippen LogP contribution is -2.03. The van der Waals surface area contributed by atoms with Crippen LogP contribution in [0.5, 0.6) is 0 Å². The van der Waals surface area contributed by atoms with Crippen molar-refractivity contribution in [2.45, 2.75) is 20.4 Å². The highest BCUT2D eigenvalue weighted by Crippen LogP contribution is 2.26. The average Bonchev–Trinajstić information content (AvgIpc) is 2.90. The largest absolute Gasteiger partial charge is 0.325 e. The van der Waals surface area contributed by atoms with Gasteiger partial charge in [-0.25, -0.2) is 9.07 Å². The summed E-state index contributed by atoms with van der Waals surface area (Å²) in [6.07, 6.45) is 0. The molecule has 0 radical (unpaired) electrons. The number of nitrogens with two attached hydrogens (primary N) is 1. The SMILES string of the molecule is Cc1cc(C)cc(-n2nnc(CN)c2-c2cccc(F)c2)c1. The molecule has 2 N–H and O–H groups in total. The summed E-state index contributed by atoms with van der Waals surface area (Å²) < 4.78 is 15.3. The van der Waals surface area contributed by atoms with E-state index >= 15 is 0 Å². The molecular formula is C17H17FN4. The summed E-state index contributed by atoms with van der Waals surface area (Å²) in [4.78, 5) is 0. The minimum Gasteiger partial charge on any atom is -0.325 e. The van der Waals surface area contributed by atoms with E-state index < -0.39 is 0 Å². The Morgan fingerprint density at radius 2 is 1.82 bits per heavy atom. The average molecular weight is 296 g/mol.